The number of nitrogens with one attached hydrogen (secondary N) is 2. The molecule has 0 bridgehead atoms. The summed E-state index contributed by atoms with van der Waals surface area (Å²) in [4.78, 5) is 14.3. The number of carbonyl (C=O) groups excluding carboxylic acids is 1. The van der Waals surface area contributed by atoms with Crippen molar-refractivity contribution in [1.82, 2.24) is 5.32 Å². The number of hydrogen-bond acceptors (Lipinski definition) is 4. The summed E-state index contributed by atoms with van der Waals surface area (Å²) >= 11 is 0. The molecule has 1 saturated heterocycles. The van der Waals surface area contributed by atoms with Gasteiger partial charge in [0.1, 0.15) is 11.5 Å². The van der Waals surface area contributed by atoms with Gasteiger partial charge in [-0.1, -0.05) is 12.2 Å². The molecule has 2 N–H and O–H groups in total. The van der Waals surface area contributed by atoms with Crippen LogP contribution in [0.1, 0.15) is 12.8 Å². The fraction of sp³-hybridized carbons (Fsp3) is 0.261. The summed E-state index contributed by atoms with van der Waals surface area (Å²) in [6, 6.07) is 15.2. The van der Waals surface area contributed by atoms with Crippen molar-refractivity contribution < 1.29 is 9.53 Å². The van der Waals surface area contributed by atoms with E-state index in [0.717, 1.165) is 55.3 Å². The molecule has 0 radical (unpaired) electrons. The molecular formula is C23H27N3O2. The van der Waals surface area contributed by atoms with Gasteiger partial charge in [0.25, 0.3) is 0 Å². The van der Waals surface area contributed by atoms with Crippen LogP contribution in [0.15, 0.2) is 73.8 Å². The second-order valence-electron chi connectivity index (χ2n) is 6.74. The van der Waals surface area contributed by atoms with E-state index < -0.39 is 0 Å². The third-order valence-corrected chi connectivity index (χ3v) is 4.64. The van der Waals surface area contributed by atoms with E-state index in [2.05, 4.69) is 28.7 Å². The SMILES string of the molecule is C=CCN(CC=C)c1ccc(Oc2ccc(NC(=O)[C@@H]3CCCN3)cc2)cc1. The molecule has 5 nitrogen and oxygen atoms in total. The lowest BCUT2D eigenvalue weighted by Crippen LogP contribution is -2.35. The van der Waals surface area contributed by atoms with Gasteiger partial charge in [0.2, 0.25) is 5.91 Å². The first-order valence-electron chi connectivity index (χ1n) is 9.58. The highest BCUT2D eigenvalue weighted by Crippen LogP contribution is 2.26. The molecule has 0 saturated carbocycles. The van der Waals surface area contributed by atoms with Gasteiger partial charge in [-0.05, 0) is 67.9 Å². The Kier molecular flexibility index (Phi) is 6.87. The Morgan fingerprint density at radius 3 is 2.21 bits per heavy atom. The molecule has 3 rings (SSSR count). The van der Waals surface area contributed by atoms with Gasteiger partial charge < -0.3 is 20.3 Å². The van der Waals surface area contributed by atoms with Crippen LogP contribution in [-0.2, 0) is 4.79 Å². The quantitative estimate of drug-likeness (QED) is 0.638. The first-order valence-corrected chi connectivity index (χ1v) is 9.58. The van der Waals surface area contributed by atoms with Crippen molar-refractivity contribution in [2.24, 2.45) is 0 Å². The topological polar surface area (TPSA) is 53.6 Å². The summed E-state index contributed by atoms with van der Waals surface area (Å²) in [5.41, 5.74) is 1.86. The Morgan fingerprint density at radius 1 is 1.07 bits per heavy atom. The molecule has 1 heterocycles. The summed E-state index contributed by atoms with van der Waals surface area (Å²) in [5, 5.41) is 6.14. The molecule has 28 heavy (non-hydrogen) atoms. The van der Waals surface area contributed by atoms with Crippen molar-refractivity contribution in [1.29, 1.82) is 0 Å². The number of carbonyl (C=O) groups is 1. The maximum absolute atomic E-state index is 12.1. The molecular weight excluding hydrogens is 350 g/mol. The van der Waals surface area contributed by atoms with E-state index in [4.69, 9.17) is 4.74 Å². The lowest BCUT2D eigenvalue weighted by molar-refractivity contribution is -0.117. The largest absolute Gasteiger partial charge is 0.457 e. The van der Waals surface area contributed by atoms with E-state index in [-0.39, 0.29) is 11.9 Å². The normalized spacial score (nSPS) is 15.6. The van der Waals surface area contributed by atoms with Crippen LogP contribution in [0.25, 0.3) is 0 Å². The van der Waals surface area contributed by atoms with Crippen LogP contribution in [-0.4, -0.2) is 31.6 Å². The fourth-order valence-corrected chi connectivity index (χ4v) is 3.20. The van der Waals surface area contributed by atoms with Gasteiger partial charge in [-0.25, -0.2) is 0 Å². The lowest BCUT2D eigenvalue weighted by atomic mass is 10.2. The van der Waals surface area contributed by atoms with Crippen LogP contribution in [0.5, 0.6) is 11.5 Å². The van der Waals surface area contributed by atoms with Gasteiger partial charge in [-0.2, -0.15) is 0 Å². The number of hydrogen-bond donors (Lipinski definition) is 2. The average molecular weight is 377 g/mol. The third-order valence-electron chi connectivity index (χ3n) is 4.64. The number of nitrogens with zero attached hydrogens (tertiary/aromatic N) is 1. The summed E-state index contributed by atoms with van der Waals surface area (Å²) in [6.45, 7) is 10.0. The molecule has 146 valence electrons. The molecule has 0 aromatic heterocycles. The average Bonchev–Trinajstić information content (AvgIpc) is 3.25. The monoisotopic (exact) mass is 377 g/mol. The van der Waals surface area contributed by atoms with Crippen LogP contribution < -0.4 is 20.3 Å². The van der Waals surface area contributed by atoms with Crippen molar-refractivity contribution in [3.8, 4) is 11.5 Å². The minimum absolute atomic E-state index is 0.0189. The van der Waals surface area contributed by atoms with Crippen molar-refractivity contribution >= 4 is 17.3 Å². The fourth-order valence-electron chi connectivity index (χ4n) is 3.20. The Hall–Kier alpha value is -3.05. The molecule has 0 aliphatic carbocycles. The highest BCUT2D eigenvalue weighted by Gasteiger charge is 2.21. The maximum Gasteiger partial charge on any atom is 0.241 e. The Balaban J connectivity index is 1.58. The molecule has 1 atom stereocenters. The molecule has 5 heteroatoms. The van der Waals surface area contributed by atoms with Crippen LogP contribution in [0, 0.1) is 0 Å². The zero-order chi connectivity index (χ0) is 19.8. The second kappa shape index (κ2) is 9.76. The molecule has 0 spiro atoms. The smallest absolute Gasteiger partial charge is 0.241 e. The molecule has 2 aromatic rings. The number of ether oxygens (including phenoxy) is 1. The number of anilines is 2. The van der Waals surface area contributed by atoms with Gasteiger partial charge in [-0.15, -0.1) is 13.2 Å². The summed E-state index contributed by atoms with van der Waals surface area (Å²) in [5.74, 6) is 1.50. The zero-order valence-corrected chi connectivity index (χ0v) is 16.1. The Labute approximate surface area is 166 Å². The van der Waals surface area contributed by atoms with Crippen LogP contribution in [0.2, 0.25) is 0 Å². The minimum Gasteiger partial charge on any atom is -0.457 e. The highest BCUT2D eigenvalue weighted by molar-refractivity contribution is 5.95. The van der Waals surface area contributed by atoms with Crippen LogP contribution >= 0.6 is 0 Å². The number of rotatable bonds is 9. The third kappa shape index (κ3) is 5.24. The van der Waals surface area contributed by atoms with Gasteiger partial charge >= 0.3 is 0 Å². The van der Waals surface area contributed by atoms with E-state index in [1.165, 1.54) is 0 Å². The van der Waals surface area contributed by atoms with E-state index >= 15 is 0 Å². The van der Waals surface area contributed by atoms with Crippen molar-refractivity contribution in [2.45, 2.75) is 18.9 Å². The lowest BCUT2D eigenvalue weighted by Gasteiger charge is -2.21. The van der Waals surface area contributed by atoms with Crippen molar-refractivity contribution in [3.05, 3.63) is 73.8 Å². The standard InChI is InChI=1S/C23H27N3O2/c1-3-16-26(17-4-2)19-9-13-21(14-10-19)28-20-11-7-18(8-12-20)25-23(27)22-6-5-15-24-22/h3-4,7-14,22,24H,1-2,5-6,15-17H2,(H,25,27)/t22-/m0/s1. The van der Waals surface area contributed by atoms with Crippen LogP contribution in [0.3, 0.4) is 0 Å². The molecule has 1 amide bonds. The summed E-state index contributed by atoms with van der Waals surface area (Å²) in [7, 11) is 0. The van der Waals surface area contributed by atoms with Gasteiger partial charge in [0.15, 0.2) is 0 Å². The first kappa shape index (κ1) is 19.7. The predicted molar refractivity (Wildman–Crippen MR) is 115 cm³/mol. The predicted octanol–water partition coefficient (Wildman–Crippen LogP) is 4.35. The Morgan fingerprint density at radius 2 is 1.68 bits per heavy atom. The van der Waals surface area contributed by atoms with E-state index in [1.54, 1.807) is 0 Å². The van der Waals surface area contributed by atoms with Crippen molar-refractivity contribution in [2.75, 3.05) is 29.9 Å². The van der Waals surface area contributed by atoms with Gasteiger partial charge in [-0.3, -0.25) is 4.79 Å². The van der Waals surface area contributed by atoms with E-state index in [1.807, 2.05) is 60.7 Å². The van der Waals surface area contributed by atoms with E-state index in [0.29, 0.717) is 0 Å². The van der Waals surface area contributed by atoms with Crippen LogP contribution in [0.4, 0.5) is 11.4 Å². The van der Waals surface area contributed by atoms with Gasteiger partial charge in [0.05, 0.1) is 6.04 Å². The number of amides is 1. The zero-order valence-electron chi connectivity index (χ0n) is 16.1. The minimum atomic E-state index is -0.0869. The molecule has 1 aliphatic rings. The first-order chi connectivity index (χ1) is 13.7. The maximum atomic E-state index is 12.1. The highest BCUT2D eigenvalue weighted by atomic mass is 16.5. The Bertz CT molecular complexity index is 784. The molecule has 0 unspecified atom stereocenters. The van der Waals surface area contributed by atoms with Gasteiger partial charge in [0, 0.05) is 24.5 Å². The molecule has 2 aromatic carbocycles. The van der Waals surface area contributed by atoms with Crippen molar-refractivity contribution in [3.63, 3.8) is 0 Å². The summed E-state index contributed by atoms with van der Waals surface area (Å²) < 4.78 is 5.91. The summed E-state index contributed by atoms with van der Waals surface area (Å²) in [6.07, 6.45) is 5.68. The molecule has 1 fully saturated rings. The number of benzene rings is 2. The van der Waals surface area contributed by atoms with E-state index in [9.17, 15) is 4.79 Å². The molecule has 1 aliphatic heterocycles. The second-order valence-corrected chi connectivity index (χ2v) is 6.74.